The molecular formula is C20H23N5O2. The van der Waals surface area contributed by atoms with Crippen LogP contribution in [-0.2, 0) is 6.54 Å². The third-order valence-electron chi connectivity index (χ3n) is 4.09. The van der Waals surface area contributed by atoms with Gasteiger partial charge in [-0.3, -0.25) is 4.99 Å². The third kappa shape index (κ3) is 4.38. The Morgan fingerprint density at radius 2 is 1.93 bits per heavy atom. The van der Waals surface area contributed by atoms with E-state index in [1.165, 1.54) is 0 Å². The Bertz CT molecular complexity index is 906. The number of hydrogen-bond acceptors (Lipinski definition) is 4. The van der Waals surface area contributed by atoms with Crippen molar-refractivity contribution in [3.05, 3.63) is 66.7 Å². The minimum absolute atomic E-state index is 0.612. The number of hydrogen-bond donors (Lipinski definition) is 2. The maximum atomic E-state index is 5.34. The quantitative estimate of drug-likeness (QED) is 0.519. The Balaban J connectivity index is 1.71. The first-order valence-corrected chi connectivity index (χ1v) is 8.51. The molecule has 0 saturated carbocycles. The van der Waals surface area contributed by atoms with Crippen LogP contribution in [0.2, 0.25) is 0 Å². The Morgan fingerprint density at radius 1 is 1.11 bits per heavy atom. The highest BCUT2D eigenvalue weighted by Gasteiger charge is 2.08. The van der Waals surface area contributed by atoms with Gasteiger partial charge in [-0.25, -0.2) is 4.98 Å². The van der Waals surface area contributed by atoms with E-state index in [0.29, 0.717) is 24.0 Å². The van der Waals surface area contributed by atoms with Crippen LogP contribution in [0.3, 0.4) is 0 Å². The highest BCUT2D eigenvalue weighted by atomic mass is 16.5. The van der Waals surface area contributed by atoms with E-state index in [4.69, 9.17) is 9.47 Å². The molecule has 1 heterocycles. The van der Waals surface area contributed by atoms with Gasteiger partial charge >= 0.3 is 0 Å². The zero-order valence-corrected chi connectivity index (χ0v) is 15.6. The van der Waals surface area contributed by atoms with E-state index in [2.05, 4.69) is 32.7 Å². The minimum Gasteiger partial charge on any atom is -0.493 e. The molecule has 3 aromatic rings. The molecule has 0 aliphatic heterocycles. The van der Waals surface area contributed by atoms with Crippen LogP contribution in [0.15, 0.2) is 66.2 Å². The number of nitrogens with one attached hydrogen (secondary N) is 2. The lowest BCUT2D eigenvalue weighted by atomic mass is 10.1. The summed E-state index contributed by atoms with van der Waals surface area (Å²) in [6.07, 6.45) is 5.48. The van der Waals surface area contributed by atoms with E-state index in [9.17, 15) is 0 Å². The van der Waals surface area contributed by atoms with Gasteiger partial charge in [-0.2, -0.15) is 0 Å². The van der Waals surface area contributed by atoms with Crippen molar-refractivity contribution >= 4 is 11.6 Å². The number of benzene rings is 2. The lowest BCUT2D eigenvalue weighted by Crippen LogP contribution is -2.30. The van der Waals surface area contributed by atoms with E-state index in [1.807, 2.05) is 41.1 Å². The molecule has 0 radical (unpaired) electrons. The van der Waals surface area contributed by atoms with Crippen LogP contribution < -0.4 is 20.1 Å². The van der Waals surface area contributed by atoms with Crippen LogP contribution in [0.5, 0.6) is 11.5 Å². The van der Waals surface area contributed by atoms with Gasteiger partial charge < -0.3 is 24.7 Å². The average molecular weight is 365 g/mol. The zero-order valence-electron chi connectivity index (χ0n) is 15.6. The molecule has 0 amide bonds. The Hall–Kier alpha value is -3.48. The number of para-hydroxylation sites is 1. The number of guanidine groups is 1. The standard InChI is InChI=1S/C20H23N5O2/c1-21-20(24-16-8-9-18(26-2)19(12-16)27-3)23-13-15-6-4-5-7-17(15)25-11-10-22-14-25/h4-12,14H,13H2,1-3H3,(H2,21,23,24). The maximum Gasteiger partial charge on any atom is 0.195 e. The molecule has 27 heavy (non-hydrogen) atoms. The summed E-state index contributed by atoms with van der Waals surface area (Å²) in [5.41, 5.74) is 3.05. The average Bonchev–Trinajstić information content (AvgIpc) is 3.25. The highest BCUT2D eigenvalue weighted by molar-refractivity contribution is 5.93. The molecule has 0 bridgehead atoms. The Labute approximate surface area is 158 Å². The van der Waals surface area contributed by atoms with Crippen LogP contribution >= 0.6 is 0 Å². The number of nitrogens with zero attached hydrogens (tertiary/aromatic N) is 3. The first-order valence-electron chi connectivity index (χ1n) is 8.51. The molecular weight excluding hydrogens is 342 g/mol. The largest absolute Gasteiger partial charge is 0.493 e. The van der Waals surface area contributed by atoms with Crippen molar-refractivity contribution < 1.29 is 9.47 Å². The summed E-state index contributed by atoms with van der Waals surface area (Å²) in [4.78, 5) is 8.41. The first-order chi connectivity index (χ1) is 13.2. The Morgan fingerprint density at radius 3 is 2.63 bits per heavy atom. The van der Waals surface area contributed by atoms with Crippen molar-refractivity contribution in [1.82, 2.24) is 14.9 Å². The molecule has 0 fully saturated rings. The van der Waals surface area contributed by atoms with E-state index in [0.717, 1.165) is 16.9 Å². The molecule has 0 spiro atoms. The van der Waals surface area contributed by atoms with Crippen molar-refractivity contribution in [2.45, 2.75) is 6.54 Å². The second-order valence-electron chi connectivity index (χ2n) is 5.72. The molecule has 0 aliphatic rings. The lowest BCUT2D eigenvalue weighted by Gasteiger charge is -2.15. The van der Waals surface area contributed by atoms with E-state index < -0.39 is 0 Å². The van der Waals surface area contributed by atoms with E-state index >= 15 is 0 Å². The lowest BCUT2D eigenvalue weighted by molar-refractivity contribution is 0.355. The van der Waals surface area contributed by atoms with Gasteiger partial charge in [-0.05, 0) is 23.8 Å². The normalized spacial score (nSPS) is 11.1. The fourth-order valence-corrected chi connectivity index (χ4v) is 2.72. The minimum atomic E-state index is 0.612. The van der Waals surface area contributed by atoms with Crippen LogP contribution in [0, 0.1) is 0 Å². The second-order valence-corrected chi connectivity index (χ2v) is 5.72. The van der Waals surface area contributed by atoms with Crippen molar-refractivity contribution in [2.24, 2.45) is 4.99 Å². The molecule has 3 rings (SSSR count). The summed E-state index contributed by atoms with van der Waals surface area (Å²) >= 11 is 0. The molecule has 0 atom stereocenters. The van der Waals surface area contributed by atoms with Gasteiger partial charge in [0.25, 0.3) is 0 Å². The van der Waals surface area contributed by atoms with Crippen LogP contribution in [-0.4, -0.2) is 36.8 Å². The molecule has 7 heteroatoms. The van der Waals surface area contributed by atoms with Crippen molar-refractivity contribution in [1.29, 1.82) is 0 Å². The number of methoxy groups -OCH3 is 2. The third-order valence-corrected chi connectivity index (χ3v) is 4.09. The monoisotopic (exact) mass is 365 g/mol. The number of anilines is 1. The summed E-state index contributed by atoms with van der Waals surface area (Å²) in [7, 11) is 4.96. The molecule has 2 aromatic carbocycles. The summed E-state index contributed by atoms with van der Waals surface area (Å²) < 4.78 is 12.6. The number of ether oxygens (including phenoxy) is 2. The number of aliphatic imine (C=N–C) groups is 1. The maximum absolute atomic E-state index is 5.34. The predicted molar refractivity (Wildman–Crippen MR) is 107 cm³/mol. The van der Waals surface area contributed by atoms with Gasteiger partial charge in [0.05, 0.1) is 26.2 Å². The van der Waals surface area contributed by atoms with Gasteiger partial charge in [0, 0.05) is 37.7 Å². The molecule has 0 aliphatic carbocycles. The van der Waals surface area contributed by atoms with Gasteiger partial charge in [-0.15, -0.1) is 0 Å². The SMILES string of the molecule is CN=C(NCc1ccccc1-n1ccnc1)Nc1ccc(OC)c(OC)c1. The summed E-state index contributed by atoms with van der Waals surface area (Å²) in [5.74, 6) is 1.99. The summed E-state index contributed by atoms with van der Waals surface area (Å²) in [6.45, 7) is 0.612. The van der Waals surface area contributed by atoms with Crippen molar-refractivity contribution in [3.8, 4) is 17.2 Å². The van der Waals surface area contributed by atoms with Crippen LogP contribution in [0.25, 0.3) is 5.69 Å². The van der Waals surface area contributed by atoms with Gasteiger partial charge in [-0.1, -0.05) is 18.2 Å². The smallest absolute Gasteiger partial charge is 0.195 e. The van der Waals surface area contributed by atoms with Gasteiger partial charge in [0.1, 0.15) is 0 Å². The van der Waals surface area contributed by atoms with Crippen molar-refractivity contribution in [3.63, 3.8) is 0 Å². The summed E-state index contributed by atoms with van der Waals surface area (Å²) in [6, 6.07) is 13.8. The molecule has 0 unspecified atom stereocenters. The van der Waals surface area contributed by atoms with E-state index in [-0.39, 0.29) is 0 Å². The first kappa shape index (κ1) is 18.3. The second kappa shape index (κ2) is 8.75. The Kier molecular flexibility index (Phi) is 5.94. The fraction of sp³-hybridized carbons (Fsp3) is 0.200. The van der Waals surface area contributed by atoms with Gasteiger partial charge in [0.2, 0.25) is 0 Å². The van der Waals surface area contributed by atoms with Gasteiger partial charge in [0.15, 0.2) is 17.5 Å². The molecule has 2 N–H and O–H groups in total. The number of imidazole rings is 1. The molecule has 7 nitrogen and oxygen atoms in total. The highest BCUT2D eigenvalue weighted by Crippen LogP contribution is 2.29. The number of rotatable bonds is 6. The molecule has 1 aromatic heterocycles. The molecule has 0 saturated heterocycles. The molecule has 140 valence electrons. The fourth-order valence-electron chi connectivity index (χ4n) is 2.72. The summed E-state index contributed by atoms with van der Waals surface area (Å²) in [5, 5.41) is 6.60. The topological polar surface area (TPSA) is 72.7 Å². The van der Waals surface area contributed by atoms with E-state index in [1.54, 1.807) is 33.8 Å². The predicted octanol–water partition coefficient (Wildman–Crippen LogP) is 3.08. The van der Waals surface area contributed by atoms with Crippen molar-refractivity contribution in [2.75, 3.05) is 26.6 Å². The van der Waals surface area contributed by atoms with Crippen LogP contribution in [0.4, 0.5) is 5.69 Å². The van der Waals surface area contributed by atoms with Crippen LogP contribution in [0.1, 0.15) is 5.56 Å². The number of aromatic nitrogens is 2. The zero-order chi connectivity index (χ0) is 19.1.